The molecule has 2 aromatic rings. The van der Waals surface area contributed by atoms with E-state index in [2.05, 4.69) is 20.2 Å². The first-order chi connectivity index (χ1) is 12.1. The van der Waals surface area contributed by atoms with E-state index in [9.17, 15) is 9.59 Å². The minimum atomic E-state index is -0.478. The van der Waals surface area contributed by atoms with Crippen LogP contribution in [0.5, 0.6) is 0 Å². The van der Waals surface area contributed by atoms with Gasteiger partial charge in [-0.15, -0.1) is 0 Å². The second kappa shape index (κ2) is 7.94. The number of amides is 2. The van der Waals surface area contributed by atoms with Crippen LogP contribution in [-0.4, -0.2) is 46.3 Å². The Balaban J connectivity index is 1.46. The molecule has 0 spiro atoms. The number of hydrogen-bond acceptors (Lipinski definition) is 4. The van der Waals surface area contributed by atoms with Gasteiger partial charge in [-0.25, -0.2) is 4.98 Å². The molecule has 1 aromatic carbocycles. The predicted octanol–water partition coefficient (Wildman–Crippen LogP) is 1.72. The van der Waals surface area contributed by atoms with Gasteiger partial charge in [0.2, 0.25) is 11.8 Å². The molecule has 1 aliphatic heterocycles. The van der Waals surface area contributed by atoms with Crippen molar-refractivity contribution in [2.24, 2.45) is 5.73 Å². The molecule has 1 atom stereocenters. The lowest BCUT2D eigenvalue weighted by molar-refractivity contribution is -0.116. The minimum Gasteiger partial charge on any atom is -0.366 e. The minimum absolute atomic E-state index is 0.0352. The van der Waals surface area contributed by atoms with E-state index in [-0.39, 0.29) is 5.91 Å². The maximum Gasteiger partial charge on any atom is 0.248 e. The monoisotopic (exact) mass is 341 g/mol. The Morgan fingerprint density at radius 2 is 2.12 bits per heavy atom. The maximum absolute atomic E-state index is 12.1. The van der Waals surface area contributed by atoms with Crippen LogP contribution in [0.1, 0.15) is 41.4 Å². The Bertz CT molecular complexity index is 712. The third-order valence-corrected chi connectivity index (χ3v) is 4.52. The van der Waals surface area contributed by atoms with E-state index in [4.69, 9.17) is 5.73 Å². The van der Waals surface area contributed by atoms with Crippen LogP contribution in [0.4, 0.5) is 5.69 Å². The number of likely N-dealkylation sites (tertiary alicyclic amines) is 1. The summed E-state index contributed by atoms with van der Waals surface area (Å²) < 4.78 is 0. The van der Waals surface area contributed by atoms with Gasteiger partial charge in [-0.1, -0.05) is 0 Å². The van der Waals surface area contributed by atoms with Crippen molar-refractivity contribution in [3.63, 3.8) is 0 Å². The average molecular weight is 341 g/mol. The lowest BCUT2D eigenvalue weighted by atomic mass is 9.97. The Labute approximate surface area is 146 Å². The summed E-state index contributed by atoms with van der Waals surface area (Å²) in [6.45, 7) is 2.66. The summed E-state index contributed by atoms with van der Waals surface area (Å²) in [6.07, 6.45) is 6.31. The van der Waals surface area contributed by atoms with Gasteiger partial charge >= 0.3 is 0 Å². The molecule has 1 saturated heterocycles. The van der Waals surface area contributed by atoms with Crippen molar-refractivity contribution in [3.05, 3.63) is 48.0 Å². The van der Waals surface area contributed by atoms with E-state index in [1.807, 2.05) is 6.20 Å². The van der Waals surface area contributed by atoms with Crippen LogP contribution in [0.2, 0.25) is 0 Å². The maximum atomic E-state index is 12.1. The van der Waals surface area contributed by atoms with Crippen molar-refractivity contribution in [3.8, 4) is 0 Å². The number of aromatic amines is 1. The molecule has 25 heavy (non-hydrogen) atoms. The normalized spacial score (nSPS) is 18.0. The number of hydrogen-bond donors (Lipinski definition) is 3. The zero-order chi connectivity index (χ0) is 17.6. The van der Waals surface area contributed by atoms with Crippen LogP contribution >= 0.6 is 0 Å². The number of aromatic nitrogens is 2. The highest BCUT2D eigenvalue weighted by Crippen LogP contribution is 2.24. The summed E-state index contributed by atoms with van der Waals surface area (Å²) in [5, 5.41) is 2.85. The first kappa shape index (κ1) is 17.2. The van der Waals surface area contributed by atoms with Crippen LogP contribution < -0.4 is 11.1 Å². The summed E-state index contributed by atoms with van der Waals surface area (Å²) in [7, 11) is 0. The number of benzene rings is 1. The first-order valence-corrected chi connectivity index (χ1v) is 8.53. The van der Waals surface area contributed by atoms with Crippen molar-refractivity contribution < 1.29 is 9.59 Å². The molecule has 132 valence electrons. The molecule has 1 fully saturated rings. The number of carbonyl (C=O) groups excluding carboxylic acids is 2. The fourth-order valence-electron chi connectivity index (χ4n) is 3.18. The summed E-state index contributed by atoms with van der Waals surface area (Å²) >= 11 is 0. The van der Waals surface area contributed by atoms with Gasteiger partial charge in [0.05, 0.1) is 0 Å². The Morgan fingerprint density at radius 1 is 1.32 bits per heavy atom. The van der Waals surface area contributed by atoms with Crippen LogP contribution in [0.15, 0.2) is 36.7 Å². The van der Waals surface area contributed by atoms with E-state index >= 15 is 0 Å². The van der Waals surface area contributed by atoms with Crippen molar-refractivity contribution in [1.29, 1.82) is 0 Å². The molecular formula is C18H23N5O2. The van der Waals surface area contributed by atoms with Gasteiger partial charge in [0.1, 0.15) is 5.82 Å². The number of primary amides is 1. The zero-order valence-corrected chi connectivity index (χ0v) is 14.1. The van der Waals surface area contributed by atoms with Gasteiger partial charge in [0.15, 0.2) is 0 Å². The zero-order valence-electron chi connectivity index (χ0n) is 14.1. The van der Waals surface area contributed by atoms with Gasteiger partial charge in [-0.05, 0) is 43.7 Å². The lowest BCUT2D eigenvalue weighted by Crippen LogP contribution is -2.36. The first-order valence-electron chi connectivity index (χ1n) is 8.53. The largest absolute Gasteiger partial charge is 0.366 e. The fourth-order valence-corrected chi connectivity index (χ4v) is 3.18. The smallest absolute Gasteiger partial charge is 0.248 e. The van der Waals surface area contributed by atoms with E-state index in [1.165, 1.54) is 0 Å². The van der Waals surface area contributed by atoms with E-state index < -0.39 is 5.91 Å². The number of imidazole rings is 1. The number of carbonyl (C=O) groups is 2. The van der Waals surface area contributed by atoms with Crippen molar-refractivity contribution in [1.82, 2.24) is 14.9 Å². The average Bonchev–Trinajstić information content (AvgIpc) is 3.15. The van der Waals surface area contributed by atoms with Gasteiger partial charge in [-0.2, -0.15) is 0 Å². The SMILES string of the molecule is NC(=O)c1ccc(NC(=O)CCN2CCCC(c3ncc[nH]3)C2)cc1. The van der Waals surface area contributed by atoms with Crippen LogP contribution in [0.25, 0.3) is 0 Å². The molecule has 0 radical (unpaired) electrons. The number of nitrogens with zero attached hydrogens (tertiary/aromatic N) is 2. The van der Waals surface area contributed by atoms with Gasteiger partial charge in [0, 0.05) is 49.1 Å². The highest BCUT2D eigenvalue weighted by Gasteiger charge is 2.23. The van der Waals surface area contributed by atoms with Crippen LogP contribution in [0, 0.1) is 0 Å². The fraction of sp³-hybridized carbons (Fsp3) is 0.389. The highest BCUT2D eigenvalue weighted by molar-refractivity contribution is 5.94. The molecule has 3 rings (SSSR count). The highest BCUT2D eigenvalue weighted by atomic mass is 16.2. The number of piperidine rings is 1. The molecule has 0 bridgehead atoms. The van der Waals surface area contributed by atoms with Crippen molar-refractivity contribution >= 4 is 17.5 Å². The van der Waals surface area contributed by atoms with Crippen molar-refractivity contribution in [2.75, 3.05) is 25.0 Å². The third-order valence-electron chi connectivity index (χ3n) is 4.52. The van der Waals surface area contributed by atoms with Gasteiger partial charge in [0.25, 0.3) is 0 Å². The number of nitrogens with one attached hydrogen (secondary N) is 2. The molecule has 1 unspecified atom stereocenters. The predicted molar refractivity (Wildman–Crippen MR) is 95.2 cm³/mol. The molecule has 1 aromatic heterocycles. The molecule has 7 nitrogen and oxygen atoms in total. The number of nitrogens with two attached hydrogens (primary N) is 1. The molecule has 7 heteroatoms. The Morgan fingerprint density at radius 3 is 2.80 bits per heavy atom. The quantitative estimate of drug-likeness (QED) is 0.744. The van der Waals surface area contributed by atoms with Crippen LogP contribution in [0.3, 0.4) is 0 Å². The summed E-state index contributed by atoms with van der Waals surface area (Å²) in [6, 6.07) is 6.59. The van der Waals surface area contributed by atoms with E-state index in [0.29, 0.717) is 23.6 Å². The standard InChI is InChI=1S/C18H23N5O2/c19-17(25)13-3-5-15(6-4-13)22-16(24)7-11-23-10-1-2-14(12-23)18-20-8-9-21-18/h3-6,8-9,14H,1-2,7,10-12H2,(H2,19,25)(H,20,21)(H,22,24). The number of anilines is 1. The molecule has 0 aliphatic carbocycles. The molecule has 4 N–H and O–H groups in total. The molecule has 2 heterocycles. The van der Waals surface area contributed by atoms with Gasteiger partial charge < -0.3 is 20.9 Å². The topological polar surface area (TPSA) is 104 Å². The van der Waals surface area contributed by atoms with Crippen molar-refractivity contribution in [2.45, 2.75) is 25.2 Å². The third kappa shape index (κ3) is 4.67. The Kier molecular flexibility index (Phi) is 5.45. The Hall–Kier alpha value is -2.67. The molecule has 2 amide bonds. The summed E-state index contributed by atoms with van der Waals surface area (Å²) in [4.78, 5) is 33.0. The van der Waals surface area contributed by atoms with E-state index in [1.54, 1.807) is 30.5 Å². The molecule has 1 aliphatic rings. The molecule has 0 saturated carbocycles. The van der Waals surface area contributed by atoms with E-state index in [0.717, 1.165) is 38.3 Å². The second-order valence-corrected chi connectivity index (χ2v) is 6.35. The lowest BCUT2D eigenvalue weighted by Gasteiger charge is -2.31. The van der Waals surface area contributed by atoms with Crippen LogP contribution in [-0.2, 0) is 4.79 Å². The van der Waals surface area contributed by atoms with Gasteiger partial charge in [-0.3, -0.25) is 9.59 Å². The number of rotatable bonds is 6. The second-order valence-electron chi connectivity index (χ2n) is 6.35. The molecular weight excluding hydrogens is 318 g/mol. The summed E-state index contributed by atoms with van der Waals surface area (Å²) in [5.74, 6) is 0.929. The number of H-pyrrole nitrogens is 1. The summed E-state index contributed by atoms with van der Waals surface area (Å²) in [5.41, 5.74) is 6.30.